The first-order valence-electron chi connectivity index (χ1n) is 8.48. The lowest BCUT2D eigenvalue weighted by Crippen LogP contribution is -2.52. The third-order valence-electron chi connectivity index (χ3n) is 4.65. The van der Waals surface area contributed by atoms with E-state index < -0.39 is 5.82 Å². The van der Waals surface area contributed by atoms with Gasteiger partial charge in [-0.05, 0) is 49.4 Å². The van der Waals surface area contributed by atoms with Crippen LogP contribution in [-0.2, 0) is 4.79 Å². The maximum atomic E-state index is 13.1. The monoisotopic (exact) mass is 377 g/mol. The Hall–Kier alpha value is -2.31. The van der Waals surface area contributed by atoms with Crippen molar-refractivity contribution >= 4 is 28.9 Å². The number of nitrogens with one attached hydrogen (secondary N) is 1. The third kappa shape index (κ3) is 4.26. The van der Waals surface area contributed by atoms with Gasteiger partial charge in [0, 0.05) is 31.9 Å². The number of hydrogen-bond acceptors (Lipinski definition) is 4. The SMILES string of the molecule is C[C@H](C(=O)Nc1ccc(F)cc1Cl)N1CCN(c2ccc(O)cc2)CC1. The summed E-state index contributed by atoms with van der Waals surface area (Å²) in [6.45, 7) is 4.92. The topological polar surface area (TPSA) is 55.8 Å². The number of piperazine rings is 1. The van der Waals surface area contributed by atoms with Crippen LogP contribution in [0, 0.1) is 5.82 Å². The number of phenols is 1. The van der Waals surface area contributed by atoms with E-state index in [4.69, 9.17) is 11.6 Å². The molecule has 0 unspecified atom stereocenters. The summed E-state index contributed by atoms with van der Waals surface area (Å²) in [5.74, 6) is -0.361. The molecule has 1 heterocycles. The predicted molar refractivity (Wildman–Crippen MR) is 101 cm³/mol. The van der Waals surface area contributed by atoms with Crippen LogP contribution >= 0.6 is 11.6 Å². The summed E-state index contributed by atoms with van der Waals surface area (Å²) in [5.41, 5.74) is 1.46. The van der Waals surface area contributed by atoms with Gasteiger partial charge in [-0.3, -0.25) is 9.69 Å². The van der Waals surface area contributed by atoms with Gasteiger partial charge in [0.2, 0.25) is 5.91 Å². The van der Waals surface area contributed by atoms with Crippen LogP contribution in [0.15, 0.2) is 42.5 Å². The van der Waals surface area contributed by atoms with E-state index in [-0.39, 0.29) is 22.7 Å². The molecule has 3 rings (SSSR count). The van der Waals surface area contributed by atoms with Gasteiger partial charge in [0.05, 0.1) is 16.8 Å². The van der Waals surface area contributed by atoms with E-state index in [2.05, 4.69) is 15.1 Å². The van der Waals surface area contributed by atoms with Crippen LogP contribution in [0.1, 0.15) is 6.92 Å². The second-order valence-electron chi connectivity index (χ2n) is 6.33. The van der Waals surface area contributed by atoms with Crippen LogP contribution in [0.3, 0.4) is 0 Å². The number of carbonyl (C=O) groups is 1. The van der Waals surface area contributed by atoms with Crippen molar-refractivity contribution in [1.82, 2.24) is 4.90 Å². The molecule has 0 aromatic heterocycles. The van der Waals surface area contributed by atoms with Crippen LogP contribution in [0.4, 0.5) is 15.8 Å². The van der Waals surface area contributed by atoms with Gasteiger partial charge in [-0.25, -0.2) is 4.39 Å². The molecule has 2 aromatic rings. The molecule has 138 valence electrons. The van der Waals surface area contributed by atoms with E-state index >= 15 is 0 Å². The Kier molecular flexibility index (Phi) is 5.64. The molecule has 0 saturated carbocycles. The van der Waals surface area contributed by atoms with Gasteiger partial charge in [-0.2, -0.15) is 0 Å². The number of carbonyl (C=O) groups excluding carboxylic acids is 1. The molecule has 0 bridgehead atoms. The molecule has 7 heteroatoms. The van der Waals surface area contributed by atoms with Gasteiger partial charge >= 0.3 is 0 Å². The van der Waals surface area contributed by atoms with Gasteiger partial charge in [-0.15, -0.1) is 0 Å². The number of hydrogen-bond donors (Lipinski definition) is 2. The van der Waals surface area contributed by atoms with Gasteiger partial charge in [0.25, 0.3) is 0 Å². The lowest BCUT2D eigenvalue weighted by molar-refractivity contribution is -0.120. The lowest BCUT2D eigenvalue weighted by Gasteiger charge is -2.38. The number of phenolic OH excluding ortho intramolecular Hbond substituents is 1. The van der Waals surface area contributed by atoms with Crippen molar-refractivity contribution in [3.8, 4) is 5.75 Å². The van der Waals surface area contributed by atoms with Crippen molar-refractivity contribution in [3.05, 3.63) is 53.3 Å². The summed E-state index contributed by atoms with van der Waals surface area (Å²) in [4.78, 5) is 16.8. The van der Waals surface area contributed by atoms with E-state index in [0.717, 1.165) is 31.9 Å². The fourth-order valence-electron chi connectivity index (χ4n) is 3.02. The van der Waals surface area contributed by atoms with E-state index in [1.165, 1.54) is 18.2 Å². The molecule has 1 saturated heterocycles. The highest BCUT2D eigenvalue weighted by molar-refractivity contribution is 6.33. The zero-order chi connectivity index (χ0) is 18.7. The maximum Gasteiger partial charge on any atom is 0.241 e. The highest BCUT2D eigenvalue weighted by atomic mass is 35.5. The largest absolute Gasteiger partial charge is 0.508 e. The van der Waals surface area contributed by atoms with Crippen molar-refractivity contribution in [2.75, 3.05) is 36.4 Å². The van der Waals surface area contributed by atoms with Crippen molar-refractivity contribution in [1.29, 1.82) is 0 Å². The van der Waals surface area contributed by atoms with Crippen molar-refractivity contribution in [2.45, 2.75) is 13.0 Å². The van der Waals surface area contributed by atoms with Crippen LogP contribution in [0.5, 0.6) is 5.75 Å². The van der Waals surface area contributed by atoms with Crippen LogP contribution in [0.2, 0.25) is 5.02 Å². The smallest absolute Gasteiger partial charge is 0.241 e. The molecule has 2 N–H and O–H groups in total. The molecule has 1 aliphatic rings. The number of rotatable bonds is 4. The maximum absolute atomic E-state index is 13.1. The van der Waals surface area contributed by atoms with Crippen molar-refractivity contribution in [2.24, 2.45) is 0 Å². The molecule has 0 radical (unpaired) electrons. The van der Waals surface area contributed by atoms with Crippen LogP contribution in [-0.4, -0.2) is 48.1 Å². The summed E-state index contributed by atoms with van der Waals surface area (Å²) in [6.07, 6.45) is 0. The normalized spacial score (nSPS) is 16.3. The molecule has 0 spiro atoms. The molecule has 1 aliphatic heterocycles. The van der Waals surface area contributed by atoms with E-state index in [1.807, 2.05) is 19.1 Å². The zero-order valence-corrected chi connectivity index (χ0v) is 15.2. The Labute approximate surface area is 157 Å². The average Bonchev–Trinajstić information content (AvgIpc) is 2.64. The first kappa shape index (κ1) is 18.5. The number of aromatic hydroxyl groups is 1. The second-order valence-corrected chi connectivity index (χ2v) is 6.74. The number of amides is 1. The highest BCUT2D eigenvalue weighted by Crippen LogP contribution is 2.24. The average molecular weight is 378 g/mol. The van der Waals surface area contributed by atoms with E-state index in [9.17, 15) is 14.3 Å². The minimum absolute atomic E-state index is 0.170. The first-order chi connectivity index (χ1) is 12.4. The molecule has 0 aliphatic carbocycles. The highest BCUT2D eigenvalue weighted by Gasteiger charge is 2.26. The molecule has 1 fully saturated rings. The summed E-state index contributed by atoms with van der Waals surface area (Å²) in [7, 11) is 0. The fourth-order valence-corrected chi connectivity index (χ4v) is 3.24. The Morgan fingerprint density at radius 3 is 2.42 bits per heavy atom. The van der Waals surface area contributed by atoms with Crippen molar-refractivity contribution in [3.63, 3.8) is 0 Å². The Morgan fingerprint density at radius 1 is 1.15 bits per heavy atom. The lowest BCUT2D eigenvalue weighted by atomic mass is 10.2. The third-order valence-corrected chi connectivity index (χ3v) is 4.96. The van der Waals surface area contributed by atoms with Gasteiger partial charge in [0.1, 0.15) is 11.6 Å². The van der Waals surface area contributed by atoms with Crippen LogP contribution < -0.4 is 10.2 Å². The second kappa shape index (κ2) is 7.93. The molecule has 1 atom stereocenters. The Balaban J connectivity index is 1.56. The number of benzene rings is 2. The molecule has 2 aromatic carbocycles. The number of halogens is 2. The molecular formula is C19H21ClFN3O2. The molecular weight excluding hydrogens is 357 g/mol. The molecule has 26 heavy (non-hydrogen) atoms. The fraction of sp³-hybridized carbons (Fsp3) is 0.316. The van der Waals surface area contributed by atoms with Crippen LogP contribution in [0.25, 0.3) is 0 Å². The van der Waals surface area contributed by atoms with Gasteiger partial charge < -0.3 is 15.3 Å². The van der Waals surface area contributed by atoms with Gasteiger partial charge in [0.15, 0.2) is 0 Å². The first-order valence-corrected chi connectivity index (χ1v) is 8.86. The molecule has 5 nitrogen and oxygen atoms in total. The summed E-state index contributed by atoms with van der Waals surface area (Å²) in [6, 6.07) is 10.7. The Bertz CT molecular complexity index is 777. The zero-order valence-electron chi connectivity index (χ0n) is 14.5. The molecule has 1 amide bonds. The Morgan fingerprint density at radius 2 is 1.81 bits per heavy atom. The number of nitrogens with zero attached hydrogens (tertiary/aromatic N) is 2. The summed E-state index contributed by atoms with van der Waals surface area (Å²) >= 11 is 5.97. The summed E-state index contributed by atoms with van der Waals surface area (Å²) in [5, 5.41) is 12.3. The van der Waals surface area contributed by atoms with E-state index in [0.29, 0.717) is 5.69 Å². The quantitative estimate of drug-likeness (QED) is 0.858. The standard InChI is InChI=1S/C19H21ClFN3O2/c1-13(19(26)22-18-7-2-14(21)12-17(18)20)23-8-10-24(11-9-23)15-3-5-16(25)6-4-15/h2-7,12-13,25H,8-11H2,1H3,(H,22,26)/t13-/m1/s1. The minimum Gasteiger partial charge on any atom is -0.508 e. The van der Waals surface area contributed by atoms with E-state index in [1.54, 1.807) is 12.1 Å². The minimum atomic E-state index is -0.439. The predicted octanol–water partition coefficient (Wildman–Crippen LogP) is 3.33. The number of anilines is 2. The van der Waals surface area contributed by atoms with Gasteiger partial charge in [-0.1, -0.05) is 11.6 Å². The van der Waals surface area contributed by atoms with Crippen molar-refractivity contribution < 1.29 is 14.3 Å². The summed E-state index contributed by atoms with van der Waals surface area (Å²) < 4.78 is 13.1.